The fourth-order valence-electron chi connectivity index (χ4n) is 4.04. The number of rotatable bonds is 22. The molecule has 0 aliphatic heterocycles. The van der Waals surface area contributed by atoms with Crippen LogP contribution in [0.5, 0.6) is 0 Å². The van der Waals surface area contributed by atoms with Gasteiger partial charge in [-0.1, -0.05) is 117 Å². The minimum atomic E-state index is -4.12. The molecule has 30 heavy (non-hydrogen) atoms. The van der Waals surface area contributed by atoms with Crippen LogP contribution in [-0.4, -0.2) is 29.4 Å². The van der Waals surface area contributed by atoms with Crippen LogP contribution in [-0.2, 0) is 10.1 Å². The Morgan fingerprint density at radius 3 is 1.33 bits per heavy atom. The predicted octanol–water partition coefficient (Wildman–Crippen LogP) is 4.11. The van der Waals surface area contributed by atoms with Gasteiger partial charge in [0.25, 0.3) is 0 Å². The number of hydrogen-bond acceptors (Lipinski definition) is 4. The van der Waals surface area contributed by atoms with Crippen LogP contribution in [0.1, 0.15) is 142 Å². The van der Waals surface area contributed by atoms with E-state index in [1.54, 1.807) is 0 Å². The summed E-state index contributed by atoms with van der Waals surface area (Å²) < 4.78 is 33.9. The van der Waals surface area contributed by atoms with Gasteiger partial charge in [0.1, 0.15) is 0 Å². The molecule has 1 N–H and O–H groups in total. The standard InChI is InChI=1S/C24H50O4S.Na/c1-3-5-21-24(29(26,27)28)22-18-16-14-12-10-8-6-7-9-11-13-15-17-20-23(25)19-4-2;/h23-25H,3-22H2,1-2H3,(H,26,27,28);/q;+1/p-1. The Bertz CT molecular complexity index is 442. The smallest absolute Gasteiger partial charge is 0.748 e. The van der Waals surface area contributed by atoms with Crippen molar-refractivity contribution < 1.29 is 47.6 Å². The second-order valence-electron chi connectivity index (χ2n) is 8.87. The summed E-state index contributed by atoms with van der Waals surface area (Å²) in [6.07, 6.45) is 21.7. The van der Waals surface area contributed by atoms with E-state index in [1.807, 2.05) is 6.92 Å². The molecule has 0 aliphatic carbocycles. The summed E-state index contributed by atoms with van der Waals surface area (Å²) in [6.45, 7) is 4.15. The summed E-state index contributed by atoms with van der Waals surface area (Å²) in [7, 11) is -4.12. The summed E-state index contributed by atoms with van der Waals surface area (Å²) in [6, 6.07) is 0. The molecule has 2 unspecified atom stereocenters. The van der Waals surface area contributed by atoms with Gasteiger partial charge in [-0.05, 0) is 25.7 Å². The maximum Gasteiger partial charge on any atom is 1.00 e. The first-order valence-corrected chi connectivity index (χ1v) is 14.0. The second-order valence-corrected chi connectivity index (χ2v) is 10.5. The molecule has 0 spiro atoms. The largest absolute Gasteiger partial charge is 1.00 e. The summed E-state index contributed by atoms with van der Waals surface area (Å²) in [4.78, 5) is 0. The van der Waals surface area contributed by atoms with Gasteiger partial charge in [-0.2, -0.15) is 0 Å². The zero-order chi connectivity index (χ0) is 21.8. The zero-order valence-electron chi connectivity index (χ0n) is 20.4. The molecule has 176 valence electrons. The molecule has 0 aromatic carbocycles. The second kappa shape index (κ2) is 23.0. The van der Waals surface area contributed by atoms with Crippen LogP contribution in [0.15, 0.2) is 0 Å². The van der Waals surface area contributed by atoms with Gasteiger partial charge < -0.3 is 9.66 Å². The van der Waals surface area contributed by atoms with Crippen LogP contribution < -0.4 is 29.6 Å². The van der Waals surface area contributed by atoms with Gasteiger partial charge in [-0.25, -0.2) is 8.42 Å². The SMILES string of the molecule is CCCCC(CCCCCCCCCCCCCCCC(O)CCC)S(=O)(=O)[O-].[Na+]. The maximum absolute atomic E-state index is 11.3. The van der Waals surface area contributed by atoms with E-state index < -0.39 is 15.4 Å². The third-order valence-corrected chi connectivity index (χ3v) is 7.26. The molecule has 0 bridgehead atoms. The summed E-state index contributed by atoms with van der Waals surface area (Å²) in [5, 5.41) is 9.03. The van der Waals surface area contributed by atoms with E-state index in [1.165, 1.54) is 64.2 Å². The number of hydrogen-bond donors (Lipinski definition) is 1. The van der Waals surface area contributed by atoms with Crippen molar-refractivity contribution >= 4 is 10.1 Å². The first-order chi connectivity index (χ1) is 13.9. The quantitative estimate of drug-likeness (QED) is 0.151. The third-order valence-electron chi connectivity index (χ3n) is 5.97. The molecule has 0 aliphatic rings. The van der Waals surface area contributed by atoms with E-state index in [4.69, 9.17) is 0 Å². The van der Waals surface area contributed by atoms with Crippen molar-refractivity contribution in [2.24, 2.45) is 0 Å². The van der Waals surface area contributed by atoms with Gasteiger partial charge in [0, 0.05) is 5.25 Å². The van der Waals surface area contributed by atoms with Crippen LogP contribution in [0.4, 0.5) is 0 Å². The van der Waals surface area contributed by atoms with Crippen molar-refractivity contribution in [1.82, 2.24) is 0 Å². The van der Waals surface area contributed by atoms with E-state index in [0.29, 0.717) is 12.8 Å². The third kappa shape index (κ3) is 22.1. The van der Waals surface area contributed by atoms with E-state index in [9.17, 15) is 18.1 Å². The van der Waals surface area contributed by atoms with Crippen LogP contribution in [0, 0.1) is 0 Å². The molecule has 0 amide bonds. The molecule has 0 rings (SSSR count). The molecule has 0 aromatic rings. The predicted molar refractivity (Wildman–Crippen MR) is 123 cm³/mol. The van der Waals surface area contributed by atoms with Gasteiger partial charge in [-0.15, -0.1) is 0 Å². The van der Waals surface area contributed by atoms with E-state index in [0.717, 1.165) is 51.4 Å². The first-order valence-electron chi connectivity index (χ1n) is 12.5. The van der Waals surface area contributed by atoms with Crippen molar-refractivity contribution in [2.45, 2.75) is 154 Å². The Hall–Kier alpha value is 0.870. The van der Waals surface area contributed by atoms with E-state index in [-0.39, 0.29) is 35.7 Å². The van der Waals surface area contributed by atoms with Crippen molar-refractivity contribution in [3.8, 4) is 0 Å². The average molecular weight is 457 g/mol. The van der Waals surface area contributed by atoms with Crippen LogP contribution in [0.2, 0.25) is 0 Å². The monoisotopic (exact) mass is 456 g/mol. The Labute approximate surface area is 210 Å². The maximum atomic E-state index is 11.3. The van der Waals surface area contributed by atoms with Gasteiger partial charge >= 0.3 is 29.6 Å². The van der Waals surface area contributed by atoms with Crippen LogP contribution >= 0.6 is 0 Å². The van der Waals surface area contributed by atoms with E-state index in [2.05, 4.69) is 6.92 Å². The Morgan fingerprint density at radius 2 is 0.967 bits per heavy atom. The minimum Gasteiger partial charge on any atom is -0.748 e. The molecule has 0 saturated carbocycles. The molecular formula is C24H49NaO4S. The van der Waals surface area contributed by atoms with Crippen LogP contribution in [0.25, 0.3) is 0 Å². The van der Waals surface area contributed by atoms with Gasteiger partial charge in [-0.3, -0.25) is 0 Å². The molecule has 0 heterocycles. The van der Waals surface area contributed by atoms with Crippen molar-refractivity contribution in [3.63, 3.8) is 0 Å². The summed E-state index contributed by atoms with van der Waals surface area (Å²) in [5.41, 5.74) is 0. The fourth-order valence-corrected chi connectivity index (χ4v) is 4.95. The van der Waals surface area contributed by atoms with E-state index >= 15 is 0 Å². The number of aliphatic hydroxyl groups excluding tert-OH is 1. The minimum absolute atomic E-state index is 0. The number of unbranched alkanes of at least 4 members (excludes halogenated alkanes) is 13. The molecule has 0 saturated heterocycles. The van der Waals surface area contributed by atoms with Gasteiger partial charge in [0.05, 0.1) is 16.2 Å². The Balaban J connectivity index is 0. The molecule has 2 atom stereocenters. The average Bonchev–Trinajstić information content (AvgIpc) is 2.66. The molecule has 6 heteroatoms. The Morgan fingerprint density at radius 1 is 0.600 bits per heavy atom. The summed E-state index contributed by atoms with van der Waals surface area (Å²) >= 11 is 0. The van der Waals surface area contributed by atoms with Gasteiger partial charge in [0.15, 0.2) is 0 Å². The zero-order valence-corrected chi connectivity index (χ0v) is 23.2. The van der Waals surface area contributed by atoms with Crippen molar-refractivity contribution in [1.29, 1.82) is 0 Å². The van der Waals surface area contributed by atoms with Crippen LogP contribution in [0.3, 0.4) is 0 Å². The molecular weight excluding hydrogens is 407 g/mol. The molecule has 0 aromatic heterocycles. The topological polar surface area (TPSA) is 77.4 Å². The van der Waals surface area contributed by atoms with Gasteiger partial charge in [0.2, 0.25) is 0 Å². The molecule has 0 fully saturated rings. The Kier molecular flexibility index (Phi) is 25.4. The van der Waals surface area contributed by atoms with Crippen molar-refractivity contribution in [3.05, 3.63) is 0 Å². The van der Waals surface area contributed by atoms with Crippen molar-refractivity contribution in [2.75, 3.05) is 0 Å². The molecule has 0 radical (unpaired) electrons. The fraction of sp³-hybridized carbons (Fsp3) is 1.00. The first kappa shape index (κ1) is 33.0. The molecule has 4 nitrogen and oxygen atoms in total. The number of aliphatic hydroxyl groups is 1. The normalized spacial score (nSPS) is 13.7. The summed E-state index contributed by atoms with van der Waals surface area (Å²) in [5.74, 6) is 0.